The number of rotatable bonds is 3. The van der Waals surface area contributed by atoms with Crippen LogP contribution in [0.5, 0.6) is 11.5 Å². The van der Waals surface area contributed by atoms with Gasteiger partial charge in [0.25, 0.3) is 0 Å². The Hall–Kier alpha value is -2.54. The molecule has 4 saturated heterocycles. The molecule has 7 nitrogen and oxygen atoms in total. The van der Waals surface area contributed by atoms with Crippen LogP contribution in [0.25, 0.3) is 0 Å². The van der Waals surface area contributed by atoms with E-state index in [2.05, 4.69) is 26.9 Å². The van der Waals surface area contributed by atoms with Gasteiger partial charge in [-0.05, 0) is 49.5 Å². The molecule has 2 aromatic rings. The van der Waals surface area contributed by atoms with E-state index in [9.17, 15) is 4.79 Å². The fourth-order valence-electron chi connectivity index (χ4n) is 5.77. The number of carbonyl (C=O) groups is 1. The highest BCUT2D eigenvalue weighted by molar-refractivity contribution is 5.77. The van der Waals surface area contributed by atoms with Crippen molar-refractivity contribution in [1.82, 2.24) is 19.4 Å². The van der Waals surface area contributed by atoms with Crippen molar-refractivity contribution in [2.45, 2.75) is 37.4 Å². The Kier molecular flexibility index (Phi) is 3.66. The molecule has 0 radical (unpaired) electrons. The maximum absolute atomic E-state index is 13.2. The molecule has 146 valence electrons. The summed E-state index contributed by atoms with van der Waals surface area (Å²) in [6.45, 7) is 3.73. The normalized spacial score (nSPS) is 32.6. The van der Waals surface area contributed by atoms with E-state index in [1.54, 1.807) is 12.5 Å². The molecule has 4 fully saturated rings. The van der Waals surface area contributed by atoms with E-state index in [-0.39, 0.29) is 5.91 Å². The van der Waals surface area contributed by atoms with Crippen LogP contribution in [-0.4, -0.2) is 63.8 Å². The van der Waals surface area contributed by atoms with Crippen molar-refractivity contribution in [1.29, 1.82) is 0 Å². The summed E-state index contributed by atoms with van der Waals surface area (Å²) in [7, 11) is 0. The van der Waals surface area contributed by atoms with Crippen molar-refractivity contribution >= 4 is 5.91 Å². The zero-order valence-corrected chi connectivity index (χ0v) is 15.7. The predicted octanol–water partition coefficient (Wildman–Crippen LogP) is 1.70. The number of fused-ring (bicyclic) bond motifs is 3. The van der Waals surface area contributed by atoms with Crippen LogP contribution in [-0.2, 0) is 11.3 Å². The highest BCUT2D eigenvalue weighted by atomic mass is 16.7. The van der Waals surface area contributed by atoms with Crippen LogP contribution in [0.1, 0.15) is 24.3 Å². The van der Waals surface area contributed by atoms with Crippen LogP contribution in [0.3, 0.4) is 0 Å². The van der Waals surface area contributed by atoms with Gasteiger partial charge in [0, 0.05) is 30.9 Å². The van der Waals surface area contributed by atoms with Crippen LogP contribution in [0.2, 0.25) is 0 Å². The molecule has 7 rings (SSSR count). The number of carbonyl (C=O) groups excluding carboxylic acids is 1. The Bertz CT molecular complexity index is 891. The summed E-state index contributed by atoms with van der Waals surface area (Å²) in [5.41, 5.74) is 1.25. The fourth-order valence-corrected chi connectivity index (χ4v) is 5.77. The van der Waals surface area contributed by atoms with E-state index < -0.39 is 0 Å². The molecule has 1 amide bonds. The molecule has 3 atom stereocenters. The first kappa shape index (κ1) is 16.4. The molecule has 6 heterocycles. The summed E-state index contributed by atoms with van der Waals surface area (Å²) in [5, 5.41) is 0. The van der Waals surface area contributed by atoms with Crippen molar-refractivity contribution in [3.05, 3.63) is 42.5 Å². The maximum Gasteiger partial charge on any atom is 0.242 e. The average Bonchev–Trinajstić information content (AvgIpc) is 3.47. The molecule has 0 aliphatic carbocycles. The largest absolute Gasteiger partial charge is 0.454 e. The second-order valence-electron chi connectivity index (χ2n) is 8.35. The molecule has 1 aromatic heterocycles. The second-order valence-corrected chi connectivity index (χ2v) is 8.35. The average molecular weight is 380 g/mol. The molecule has 1 aromatic carbocycles. The Balaban J connectivity index is 1.34. The first-order valence-corrected chi connectivity index (χ1v) is 10.2. The van der Waals surface area contributed by atoms with E-state index in [0.29, 0.717) is 37.3 Å². The Morgan fingerprint density at radius 2 is 2.00 bits per heavy atom. The molecule has 0 N–H and O–H groups in total. The minimum absolute atomic E-state index is 0.199. The molecular formula is C21H24N4O3. The Labute approximate surface area is 163 Å². The number of piperidine rings is 3. The Morgan fingerprint density at radius 3 is 2.82 bits per heavy atom. The number of hydrogen-bond acceptors (Lipinski definition) is 5. The smallest absolute Gasteiger partial charge is 0.242 e. The lowest BCUT2D eigenvalue weighted by molar-refractivity contribution is -0.136. The number of hydrogen-bond donors (Lipinski definition) is 0. The van der Waals surface area contributed by atoms with Crippen LogP contribution in [0, 0.1) is 5.92 Å². The van der Waals surface area contributed by atoms with Gasteiger partial charge in [-0.3, -0.25) is 9.69 Å². The van der Waals surface area contributed by atoms with Gasteiger partial charge in [0.15, 0.2) is 11.5 Å². The highest BCUT2D eigenvalue weighted by Crippen LogP contribution is 2.47. The fraction of sp³-hybridized carbons (Fsp3) is 0.524. The van der Waals surface area contributed by atoms with Crippen molar-refractivity contribution in [2.75, 3.05) is 26.4 Å². The lowest BCUT2D eigenvalue weighted by atomic mass is 9.75. The summed E-state index contributed by atoms with van der Waals surface area (Å²) in [5.74, 6) is 2.77. The van der Waals surface area contributed by atoms with Gasteiger partial charge in [-0.15, -0.1) is 0 Å². The van der Waals surface area contributed by atoms with Gasteiger partial charge in [0.1, 0.15) is 6.54 Å². The van der Waals surface area contributed by atoms with Gasteiger partial charge in [-0.1, -0.05) is 6.07 Å². The van der Waals surface area contributed by atoms with Crippen LogP contribution in [0.15, 0.2) is 36.9 Å². The number of benzene rings is 1. The summed E-state index contributed by atoms with van der Waals surface area (Å²) in [4.78, 5) is 22.1. The van der Waals surface area contributed by atoms with Gasteiger partial charge >= 0.3 is 0 Å². The van der Waals surface area contributed by atoms with E-state index in [0.717, 1.165) is 31.1 Å². The monoisotopic (exact) mass is 380 g/mol. The third-order valence-corrected chi connectivity index (χ3v) is 7.02. The minimum atomic E-state index is 0.199. The number of likely N-dealkylation sites (tertiary alicyclic amines) is 1. The number of ether oxygens (including phenoxy) is 2. The number of nitrogens with zero attached hydrogens (tertiary/aromatic N) is 4. The SMILES string of the molecule is O=C(Cn1ccnc1)N1C[C@@H](c2ccc3c(c2)OCO3)[C@@H]2[C@H]1C1CCN2CC1. The van der Waals surface area contributed by atoms with E-state index in [1.807, 2.05) is 16.8 Å². The van der Waals surface area contributed by atoms with Gasteiger partial charge in [-0.25, -0.2) is 4.98 Å². The summed E-state index contributed by atoms with van der Waals surface area (Å²) >= 11 is 0. The minimum Gasteiger partial charge on any atom is -0.454 e. The first-order chi connectivity index (χ1) is 13.8. The molecule has 0 spiro atoms. The molecule has 28 heavy (non-hydrogen) atoms. The predicted molar refractivity (Wildman–Crippen MR) is 101 cm³/mol. The lowest BCUT2D eigenvalue weighted by Gasteiger charge is -2.51. The summed E-state index contributed by atoms with van der Waals surface area (Å²) in [6.07, 6.45) is 7.70. The zero-order chi connectivity index (χ0) is 18.7. The molecule has 0 unspecified atom stereocenters. The molecule has 2 bridgehead atoms. The third kappa shape index (κ3) is 2.45. The standard InChI is InChI=1S/C21H24N4O3/c26-19(11-23-8-5-22-12-23)25-10-16(15-1-2-17-18(9-15)28-13-27-17)21-20(25)14-3-6-24(21)7-4-14/h1-2,5,8-9,12,14,16,20-21H,3-4,6-7,10-11,13H2/t16-,20+,21+/m0/s1. The lowest BCUT2D eigenvalue weighted by Crippen LogP contribution is -2.61. The van der Waals surface area contributed by atoms with Gasteiger partial charge in [0.05, 0.1) is 12.4 Å². The van der Waals surface area contributed by atoms with Gasteiger partial charge in [0.2, 0.25) is 12.7 Å². The second kappa shape index (κ2) is 6.24. The van der Waals surface area contributed by atoms with Crippen molar-refractivity contribution < 1.29 is 14.3 Å². The molecular weight excluding hydrogens is 356 g/mol. The van der Waals surface area contributed by atoms with Crippen LogP contribution < -0.4 is 9.47 Å². The van der Waals surface area contributed by atoms with E-state index >= 15 is 0 Å². The van der Waals surface area contributed by atoms with Crippen molar-refractivity contribution in [3.63, 3.8) is 0 Å². The molecule has 5 aliphatic rings. The van der Waals surface area contributed by atoms with Crippen molar-refractivity contribution in [3.8, 4) is 11.5 Å². The zero-order valence-electron chi connectivity index (χ0n) is 15.7. The number of aromatic nitrogens is 2. The summed E-state index contributed by atoms with van der Waals surface area (Å²) < 4.78 is 13.0. The maximum atomic E-state index is 13.2. The topological polar surface area (TPSA) is 59.8 Å². The van der Waals surface area contributed by atoms with E-state index in [4.69, 9.17) is 9.47 Å². The molecule has 5 aliphatic heterocycles. The van der Waals surface area contributed by atoms with Crippen LogP contribution >= 0.6 is 0 Å². The number of imidazole rings is 1. The van der Waals surface area contributed by atoms with Gasteiger partial charge < -0.3 is 18.9 Å². The first-order valence-electron chi connectivity index (χ1n) is 10.2. The van der Waals surface area contributed by atoms with Crippen molar-refractivity contribution in [2.24, 2.45) is 5.92 Å². The summed E-state index contributed by atoms with van der Waals surface area (Å²) in [6, 6.07) is 7.01. The Morgan fingerprint density at radius 1 is 1.14 bits per heavy atom. The van der Waals surface area contributed by atoms with Crippen LogP contribution in [0.4, 0.5) is 0 Å². The number of amides is 1. The highest BCUT2D eigenvalue weighted by Gasteiger charge is 2.54. The molecule has 0 saturated carbocycles. The quantitative estimate of drug-likeness (QED) is 0.811. The molecule has 7 heteroatoms. The third-order valence-electron chi connectivity index (χ3n) is 7.02. The van der Waals surface area contributed by atoms with Gasteiger partial charge in [-0.2, -0.15) is 0 Å². The van der Waals surface area contributed by atoms with E-state index in [1.165, 1.54) is 18.4 Å².